The number of carboxylic acids is 1. The molecule has 202 valence electrons. The van der Waals surface area contributed by atoms with Crippen LogP contribution in [0.2, 0.25) is 0 Å². The average molecular weight is 535 g/mol. The fourth-order valence-electron chi connectivity index (χ4n) is 5.68. The van der Waals surface area contributed by atoms with Gasteiger partial charge in [-0.2, -0.15) is 0 Å². The second-order valence-electron chi connectivity index (χ2n) is 10.5. The third-order valence-corrected chi connectivity index (χ3v) is 7.77. The van der Waals surface area contributed by atoms with Gasteiger partial charge in [-0.15, -0.1) is 0 Å². The summed E-state index contributed by atoms with van der Waals surface area (Å²) in [6, 6.07) is 18.9. The number of benzene rings is 3. The van der Waals surface area contributed by atoms with Crippen molar-refractivity contribution in [2.24, 2.45) is 0 Å². The SMILES string of the molecule is O=C(N[C@@H](Cc1c[nH]c2ccc(O)cc12)C(=O)O)c1ccc2nc(-c3ccccc3)c(C3CCCCC3)nc2c1. The second-order valence-corrected chi connectivity index (χ2v) is 10.5. The van der Waals surface area contributed by atoms with Crippen molar-refractivity contribution in [3.05, 3.63) is 89.7 Å². The second kappa shape index (κ2) is 10.8. The molecule has 8 heteroatoms. The molecule has 5 aromatic rings. The number of amides is 1. The van der Waals surface area contributed by atoms with E-state index >= 15 is 0 Å². The van der Waals surface area contributed by atoms with Crippen molar-refractivity contribution < 1.29 is 19.8 Å². The van der Waals surface area contributed by atoms with Crippen LogP contribution in [0.25, 0.3) is 33.2 Å². The Labute approximate surface area is 231 Å². The lowest BCUT2D eigenvalue weighted by Gasteiger charge is -2.23. The number of hydrogen-bond acceptors (Lipinski definition) is 5. The summed E-state index contributed by atoms with van der Waals surface area (Å²) in [6.45, 7) is 0. The van der Waals surface area contributed by atoms with Crippen molar-refractivity contribution in [3.63, 3.8) is 0 Å². The number of nitrogens with zero attached hydrogens (tertiary/aromatic N) is 2. The first kappa shape index (κ1) is 25.6. The van der Waals surface area contributed by atoms with Crippen LogP contribution in [0.15, 0.2) is 72.9 Å². The van der Waals surface area contributed by atoms with Gasteiger partial charge in [0.15, 0.2) is 0 Å². The zero-order valence-electron chi connectivity index (χ0n) is 21.9. The number of aromatic amines is 1. The molecule has 8 nitrogen and oxygen atoms in total. The number of aliphatic carboxylic acids is 1. The Morgan fingerprint density at radius 2 is 1.75 bits per heavy atom. The van der Waals surface area contributed by atoms with Crippen LogP contribution in [0.5, 0.6) is 5.75 Å². The minimum Gasteiger partial charge on any atom is -0.508 e. The Hall–Kier alpha value is -4.72. The fraction of sp³-hybridized carbons (Fsp3) is 0.250. The number of phenols is 1. The predicted octanol–water partition coefficient (Wildman–Crippen LogP) is 5.96. The molecule has 2 heterocycles. The molecule has 6 rings (SSSR count). The van der Waals surface area contributed by atoms with Crippen LogP contribution in [0, 0.1) is 0 Å². The van der Waals surface area contributed by atoms with Gasteiger partial charge < -0.3 is 20.5 Å². The molecule has 1 saturated carbocycles. The Morgan fingerprint density at radius 3 is 2.52 bits per heavy atom. The van der Waals surface area contributed by atoms with E-state index in [1.54, 1.807) is 42.6 Å². The van der Waals surface area contributed by atoms with E-state index in [0.29, 0.717) is 33.5 Å². The quantitative estimate of drug-likeness (QED) is 0.204. The molecule has 1 amide bonds. The lowest BCUT2D eigenvalue weighted by atomic mass is 9.85. The summed E-state index contributed by atoms with van der Waals surface area (Å²) in [4.78, 5) is 38.5. The molecule has 0 unspecified atom stereocenters. The molecule has 0 saturated heterocycles. The molecule has 0 bridgehead atoms. The van der Waals surface area contributed by atoms with Crippen molar-refractivity contribution >= 4 is 33.8 Å². The van der Waals surface area contributed by atoms with Crippen molar-refractivity contribution in [2.45, 2.75) is 50.5 Å². The maximum absolute atomic E-state index is 13.3. The molecule has 2 aromatic heterocycles. The van der Waals surface area contributed by atoms with Gasteiger partial charge in [0.1, 0.15) is 11.8 Å². The minimum atomic E-state index is -1.16. The molecule has 4 N–H and O–H groups in total. The van der Waals surface area contributed by atoms with E-state index < -0.39 is 17.9 Å². The lowest BCUT2D eigenvalue weighted by Crippen LogP contribution is -2.42. The molecular formula is C32H30N4O4. The number of phenolic OH excluding ortho intramolecular Hbond substituents is 1. The Kier molecular flexibility index (Phi) is 6.90. The van der Waals surface area contributed by atoms with Gasteiger partial charge in [-0.05, 0) is 54.8 Å². The Morgan fingerprint density at radius 1 is 0.950 bits per heavy atom. The van der Waals surface area contributed by atoms with Gasteiger partial charge in [-0.1, -0.05) is 49.6 Å². The zero-order chi connectivity index (χ0) is 27.6. The van der Waals surface area contributed by atoms with E-state index in [0.717, 1.165) is 48.2 Å². The summed E-state index contributed by atoms with van der Waals surface area (Å²) < 4.78 is 0. The summed E-state index contributed by atoms with van der Waals surface area (Å²) in [5.74, 6) is -1.24. The number of rotatable bonds is 7. The number of aromatic nitrogens is 3. The van der Waals surface area contributed by atoms with Gasteiger partial charge in [0.25, 0.3) is 5.91 Å². The molecule has 0 spiro atoms. The summed E-state index contributed by atoms with van der Waals surface area (Å²) in [5.41, 5.74) is 5.96. The van der Waals surface area contributed by atoms with Crippen LogP contribution in [0.4, 0.5) is 0 Å². The molecule has 3 aromatic carbocycles. The van der Waals surface area contributed by atoms with E-state index in [4.69, 9.17) is 9.97 Å². The minimum absolute atomic E-state index is 0.0597. The number of carbonyl (C=O) groups excluding carboxylic acids is 1. The van der Waals surface area contributed by atoms with Gasteiger partial charge in [0.05, 0.1) is 22.4 Å². The lowest BCUT2D eigenvalue weighted by molar-refractivity contribution is -0.139. The smallest absolute Gasteiger partial charge is 0.326 e. The van der Waals surface area contributed by atoms with Gasteiger partial charge in [-0.25, -0.2) is 14.8 Å². The normalized spacial score (nSPS) is 14.8. The van der Waals surface area contributed by atoms with Gasteiger partial charge in [-0.3, -0.25) is 4.79 Å². The van der Waals surface area contributed by atoms with Crippen LogP contribution in [0.1, 0.15) is 59.6 Å². The fourth-order valence-corrected chi connectivity index (χ4v) is 5.68. The number of nitrogens with one attached hydrogen (secondary N) is 2. The molecule has 1 fully saturated rings. The number of carboxylic acid groups (broad SMARTS) is 1. The van der Waals surface area contributed by atoms with Crippen LogP contribution >= 0.6 is 0 Å². The van der Waals surface area contributed by atoms with Crippen molar-refractivity contribution in [1.29, 1.82) is 0 Å². The van der Waals surface area contributed by atoms with Crippen molar-refractivity contribution in [3.8, 4) is 17.0 Å². The van der Waals surface area contributed by atoms with Crippen LogP contribution < -0.4 is 5.32 Å². The standard InChI is InChI=1S/C32H30N4O4/c37-23-12-14-25-24(17-23)22(18-33-25)16-28(32(39)40)36-31(38)21-11-13-26-27(15-21)35-30(20-9-5-2-6-10-20)29(34-26)19-7-3-1-4-8-19/h1,3-4,7-8,11-15,17-18,20,28,33,37H,2,5-6,9-10,16H2,(H,36,38)(H,39,40)/t28-/m0/s1. The molecular weight excluding hydrogens is 504 g/mol. The third-order valence-electron chi connectivity index (χ3n) is 7.77. The summed E-state index contributed by atoms with van der Waals surface area (Å²) >= 11 is 0. The number of carbonyl (C=O) groups is 2. The van der Waals surface area contributed by atoms with Crippen molar-refractivity contribution in [1.82, 2.24) is 20.3 Å². The summed E-state index contributed by atoms with van der Waals surface area (Å²) in [5, 5.41) is 23.1. The molecule has 40 heavy (non-hydrogen) atoms. The maximum atomic E-state index is 13.3. The highest BCUT2D eigenvalue weighted by atomic mass is 16.4. The highest BCUT2D eigenvalue weighted by Gasteiger charge is 2.25. The number of fused-ring (bicyclic) bond motifs is 2. The number of aromatic hydroxyl groups is 1. The molecule has 1 aliphatic carbocycles. The molecule has 0 radical (unpaired) electrons. The van der Waals surface area contributed by atoms with E-state index in [9.17, 15) is 19.8 Å². The molecule has 1 aliphatic rings. The Balaban J connectivity index is 1.30. The van der Waals surface area contributed by atoms with E-state index in [1.165, 1.54) is 6.42 Å². The van der Waals surface area contributed by atoms with Gasteiger partial charge in [0.2, 0.25) is 0 Å². The highest BCUT2D eigenvalue weighted by molar-refractivity contribution is 5.99. The predicted molar refractivity (Wildman–Crippen MR) is 153 cm³/mol. The maximum Gasteiger partial charge on any atom is 0.326 e. The molecule has 1 atom stereocenters. The summed E-state index contributed by atoms with van der Waals surface area (Å²) in [6.07, 6.45) is 7.44. The monoisotopic (exact) mass is 534 g/mol. The first-order chi connectivity index (χ1) is 19.5. The first-order valence-corrected chi connectivity index (χ1v) is 13.7. The van der Waals surface area contributed by atoms with Crippen LogP contribution in [-0.2, 0) is 11.2 Å². The van der Waals surface area contributed by atoms with E-state index in [2.05, 4.69) is 10.3 Å². The average Bonchev–Trinajstić information content (AvgIpc) is 3.38. The van der Waals surface area contributed by atoms with Gasteiger partial charge >= 0.3 is 5.97 Å². The topological polar surface area (TPSA) is 128 Å². The Bertz CT molecular complexity index is 1710. The summed E-state index contributed by atoms with van der Waals surface area (Å²) in [7, 11) is 0. The van der Waals surface area contributed by atoms with Crippen molar-refractivity contribution in [2.75, 3.05) is 0 Å². The van der Waals surface area contributed by atoms with Crippen LogP contribution in [-0.4, -0.2) is 43.1 Å². The third kappa shape index (κ3) is 5.12. The highest BCUT2D eigenvalue weighted by Crippen LogP contribution is 2.37. The number of H-pyrrole nitrogens is 1. The zero-order valence-corrected chi connectivity index (χ0v) is 21.9. The van der Waals surface area contributed by atoms with Gasteiger partial charge in [0, 0.05) is 40.6 Å². The van der Waals surface area contributed by atoms with E-state index in [-0.39, 0.29) is 12.2 Å². The first-order valence-electron chi connectivity index (χ1n) is 13.7. The molecule has 0 aliphatic heterocycles. The van der Waals surface area contributed by atoms with E-state index in [1.807, 2.05) is 30.3 Å². The van der Waals surface area contributed by atoms with Crippen LogP contribution in [0.3, 0.4) is 0 Å². The number of hydrogen-bond donors (Lipinski definition) is 4. The largest absolute Gasteiger partial charge is 0.508 e.